The van der Waals surface area contributed by atoms with Gasteiger partial charge in [-0.2, -0.15) is 11.3 Å². The van der Waals surface area contributed by atoms with Gasteiger partial charge in [-0.15, -0.1) is 0 Å². The van der Waals surface area contributed by atoms with Crippen molar-refractivity contribution in [3.63, 3.8) is 0 Å². The summed E-state index contributed by atoms with van der Waals surface area (Å²) in [4.78, 5) is 2.77. The van der Waals surface area contributed by atoms with Crippen molar-refractivity contribution in [2.45, 2.75) is 57.2 Å². The Labute approximate surface area is 114 Å². The third kappa shape index (κ3) is 2.49. The van der Waals surface area contributed by atoms with Crippen molar-refractivity contribution in [2.24, 2.45) is 0 Å². The first-order valence-corrected chi connectivity index (χ1v) is 8.22. The van der Waals surface area contributed by atoms with Crippen LogP contribution >= 0.6 is 11.3 Å². The van der Waals surface area contributed by atoms with Crippen molar-refractivity contribution >= 4 is 11.3 Å². The number of nitrogens with zero attached hydrogens (tertiary/aromatic N) is 1. The highest BCUT2D eigenvalue weighted by Crippen LogP contribution is 2.36. The Kier molecular flexibility index (Phi) is 3.73. The van der Waals surface area contributed by atoms with Crippen LogP contribution in [-0.4, -0.2) is 29.6 Å². The van der Waals surface area contributed by atoms with Gasteiger partial charge in [0.1, 0.15) is 0 Å². The second kappa shape index (κ2) is 5.32. The molecule has 1 aromatic heterocycles. The van der Waals surface area contributed by atoms with E-state index in [0.29, 0.717) is 11.6 Å². The van der Waals surface area contributed by atoms with E-state index in [1.807, 2.05) is 11.3 Å². The maximum absolute atomic E-state index is 3.71. The van der Waals surface area contributed by atoms with Gasteiger partial charge in [-0.05, 0) is 42.2 Å². The van der Waals surface area contributed by atoms with Crippen LogP contribution < -0.4 is 5.32 Å². The van der Waals surface area contributed by atoms with Crippen LogP contribution in [0.2, 0.25) is 0 Å². The summed E-state index contributed by atoms with van der Waals surface area (Å²) in [7, 11) is 0. The van der Waals surface area contributed by atoms with E-state index in [1.165, 1.54) is 50.8 Å². The quantitative estimate of drug-likeness (QED) is 0.882. The van der Waals surface area contributed by atoms with Gasteiger partial charge in [-0.25, -0.2) is 0 Å². The van der Waals surface area contributed by atoms with E-state index in [4.69, 9.17) is 0 Å². The molecule has 2 aliphatic rings. The molecular weight excluding hydrogens is 240 g/mol. The number of rotatable bonds is 2. The zero-order valence-electron chi connectivity index (χ0n) is 11.3. The smallest absolute Gasteiger partial charge is 0.0338 e. The largest absolute Gasteiger partial charge is 0.311 e. The lowest BCUT2D eigenvalue weighted by atomic mass is 9.78. The molecule has 1 spiro atoms. The second-order valence-electron chi connectivity index (χ2n) is 6.08. The summed E-state index contributed by atoms with van der Waals surface area (Å²) in [6, 6.07) is 2.92. The van der Waals surface area contributed by atoms with E-state index in [9.17, 15) is 0 Å². The Bertz CT molecular complexity index is 368. The molecule has 1 aliphatic heterocycles. The molecule has 1 saturated carbocycles. The first kappa shape index (κ1) is 12.6. The molecule has 2 heterocycles. The zero-order valence-corrected chi connectivity index (χ0v) is 12.1. The van der Waals surface area contributed by atoms with Crippen LogP contribution in [0, 0.1) is 0 Å². The van der Waals surface area contributed by atoms with Gasteiger partial charge >= 0.3 is 0 Å². The van der Waals surface area contributed by atoms with E-state index in [-0.39, 0.29) is 0 Å². The fourth-order valence-electron chi connectivity index (χ4n) is 3.60. The molecule has 18 heavy (non-hydrogen) atoms. The molecule has 2 fully saturated rings. The molecule has 3 rings (SSSR count). The van der Waals surface area contributed by atoms with Gasteiger partial charge in [0.2, 0.25) is 0 Å². The van der Waals surface area contributed by atoms with Crippen LogP contribution in [0.1, 0.15) is 44.6 Å². The van der Waals surface area contributed by atoms with Gasteiger partial charge in [0, 0.05) is 31.2 Å². The Morgan fingerprint density at radius 1 is 1.39 bits per heavy atom. The van der Waals surface area contributed by atoms with Gasteiger partial charge in [0.25, 0.3) is 0 Å². The van der Waals surface area contributed by atoms with Crippen molar-refractivity contribution in [1.82, 2.24) is 10.2 Å². The molecule has 1 aromatic rings. The van der Waals surface area contributed by atoms with E-state index in [1.54, 1.807) is 0 Å². The summed E-state index contributed by atoms with van der Waals surface area (Å²) < 4.78 is 0. The van der Waals surface area contributed by atoms with Gasteiger partial charge < -0.3 is 5.32 Å². The van der Waals surface area contributed by atoms with Crippen LogP contribution in [0.4, 0.5) is 0 Å². The molecule has 3 heteroatoms. The normalized spacial score (nSPS) is 28.6. The van der Waals surface area contributed by atoms with Crippen LogP contribution in [0.3, 0.4) is 0 Å². The predicted octanol–water partition coefficient (Wildman–Crippen LogP) is 3.24. The van der Waals surface area contributed by atoms with Crippen LogP contribution in [0.25, 0.3) is 0 Å². The standard InChI is InChI=1S/C15H24N2S/c1-13-9-17(10-14-5-8-18-11-14)15(12-16-13)6-3-2-4-7-15/h5,8,11,13,16H,2-4,6-7,9-10,12H2,1H3. The van der Waals surface area contributed by atoms with Crippen molar-refractivity contribution in [3.05, 3.63) is 22.4 Å². The average Bonchev–Trinajstić information content (AvgIpc) is 2.89. The minimum Gasteiger partial charge on any atom is -0.311 e. The number of piperazine rings is 1. The SMILES string of the molecule is CC1CN(Cc2ccsc2)C2(CCCCC2)CN1. The number of hydrogen-bond acceptors (Lipinski definition) is 3. The van der Waals surface area contributed by atoms with Crippen molar-refractivity contribution < 1.29 is 0 Å². The zero-order chi connectivity index (χ0) is 12.4. The van der Waals surface area contributed by atoms with Crippen molar-refractivity contribution in [2.75, 3.05) is 13.1 Å². The lowest BCUT2D eigenvalue weighted by Gasteiger charge is -2.51. The third-order valence-corrected chi connectivity index (χ3v) is 5.41. The van der Waals surface area contributed by atoms with Crippen LogP contribution in [-0.2, 0) is 6.54 Å². The van der Waals surface area contributed by atoms with Crippen molar-refractivity contribution in [1.29, 1.82) is 0 Å². The maximum Gasteiger partial charge on any atom is 0.0338 e. The Balaban J connectivity index is 1.77. The molecule has 2 nitrogen and oxygen atoms in total. The minimum atomic E-state index is 0.451. The molecule has 1 aliphatic carbocycles. The lowest BCUT2D eigenvalue weighted by molar-refractivity contribution is 0.00626. The Morgan fingerprint density at radius 2 is 2.22 bits per heavy atom. The van der Waals surface area contributed by atoms with Gasteiger partial charge in [0.15, 0.2) is 0 Å². The summed E-state index contributed by atoms with van der Waals surface area (Å²) in [5, 5.41) is 8.22. The molecule has 100 valence electrons. The topological polar surface area (TPSA) is 15.3 Å². The fraction of sp³-hybridized carbons (Fsp3) is 0.733. The van der Waals surface area contributed by atoms with Crippen LogP contribution in [0.15, 0.2) is 16.8 Å². The Morgan fingerprint density at radius 3 is 2.94 bits per heavy atom. The molecule has 0 bridgehead atoms. The second-order valence-corrected chi connectivity index (χ2v) is 6.86. The lowest BCUT2D eigenvalue weighted by Crippen LogP contribution is -2.64. The molecule has 0 amide bonds. The summed E-state index contributed by atoms with van der Waals surface area (Å²) in [5.41, 5.74) is 1.95. The highest BCUT2D eigenvalue weighted by Gasteiger charge is 2.41. The van der Waals surface area contributed by atoms with Gasteiger partial charge in [-0.3, -0.25) is 4.90 Å². The number of nitrogens with one attached hydrogen (secondary N) is 1. The van der Waals surface area contributed by atoms with Gasteiger partial charge in [0.05, 0.1) is 0 Å². The fourth-order valence-corrected chi connectivity index (χ4v) is 4.26. The highest BCUT2D eigenvalue weighted by atomic mass is 32.1. The summed E-state index contributed by atoms with van der Waals surface area (Å²) >= 11 is 1.82. The summed E-state index contributed by atoms with van der Waals surface area (Å²) in [6.45, 7) is 5.86. The predicted molar refractivity (Wildman–Crippen MR) is 78.0 cm³/mol. The summed E-state index contributed by atoms with van der Waals surface area (Å²) in [6.07, 6.45) is 7.03. The first-order chi connectivity index (χ1) is 8.78. The third-order valence-electron chi connectivity index (χ3n) is 4.68. The molecular formula is C15H24N2S. The molecule has 0 aromatic carbocycles. The van der Waals surface area contributed by atoms with Crippen molar-refractivity contribution in [3.8, 4) is 0 Å². The maximum atomic E-state index is 3.71. The first-order valence-electron chi connectivity index (χ1n) is 7.28. The van der Waals surface area contributed by atoms with E-state index in [2.05, 4.69) is 34.0 Å². The number of hydrogen-bond donors (Lipinski definition) is 1. The average molecular weight is 264 g/mol. The highest BCUT2D eigenvalue weighted by molar-refractivity contribution is 7.07. The molecule has 1 atom stereocenters. The van der Waals surface area contributed by atoms with Crippen LogP contribution in [0.5, 0.6) is 0 Å². The number of thiophene rings is 1. The van der Waals surface area contributed by atoms with E-state index >= 15 is 0 Å². The molecule has 1 N–H and O–H groups in total. The van der Waals surface area contributed by atoms with Gasteiger partial charge in [-0.1, -0.05) is 19.3 Å². The molecule has 1 saturated heterocycles. The van der Waals surface area contributed by atoms with E-state index < -0.39 is 0 Å². The Hall–Kier alpha value is -0.380. The monoisotopic (exact) mass is 264 g/mol. The molecule has 0 radical (unpaired) electrons. The summed E-state index contributed by atoms with van der Waals surface area (Å²) in [5.74, 6) is 0. The van der Waals surface area contributed by atoms with E-state index in [0.717, 1.165) is 6.54 Å². The molecule has 1 unspecified atom stereocenters. The minimum absolute atomic E-state index is 0.451.